The normalized spacial score (nSPS) is 12.8. The average Bonchev–Trinajstić information content (AvgIpc) is 2.36. The summed E-state index contributed by atoms with van der Waals surface area (Å²) in [4.78, 5) is 11.8. The molecule has 0 saturated carbocycles. The lowest BCUT2D eigenvalue weighted by Gasteiger charge is -2.16. The number of halogens is 3. The number of hydrogen-bond acceptors (Lipinski definition) is 3. The Labute approximate surface area is 125 Å². The molecule has 0 saturated heterocycles. The summed E-state index contributed by atoms with van der Waals surface area (Å²) in [6.07, 6.45) is 0.686. The first-order valence-electron chi connectivity index (χ1n) is 6.26. The van der Waals surface area contributed by atoms with Crippen LogP contribution in [0.15, 0.2) is 29.2 Å². The molecule has 1 aromatic rings. The van der Waals surface area contributed by atoms with Gasteiger partial charge in [-0.3, -0.25) is 0 Å². The number of hydrogen-bond donors (Lipinski definition) is 2. The van der Waals surface area contributed by atoms with Crippen LogP contribution in [-0.2, 0) is 4.74 Å². The third-order valence-corrected chi connectivity index (χ3v) is 3.24. The molecule has 0 radical (unpaired) electrons. The lowest BCUT2D eigenvalue weighted by Crippen LogP contribution is -2.40. The summed E-state index contributed by atoms with van der Waals surface area (Å²) in [7, 11) is 1.53. The van der Waals surface area contributed by atoms with Gasteiger partial charge in [0.2, 0.25) is 0 Å². The van der Waals surface area contributed by atoms with E-state index in [4.69, 9.17) is 4.74 Å². The molecule has 4 nitrogen and oxygen atoms in total. The third-order valence-electron chi connectivity index (χ3n) is 2.52. The molecule has 0 aromatic heterocycles. The van der Waals surface area contributed by atoms with Gasteiger partial charge in [0, 0.05) is 17.7 Å². The zero-order valence-electron chi connectivity index (χ0n) is 11.7. The Hall–Kier alpha value is -1.41. The molecule has 2 N–H and O–H groups in total. The van der Waals surface area contributed by atoms with Crippen LogP contribution in [-0.4, -0.2) is 31.3 Å². The van der Waals surface area contributed by atoms with Gasteiger partial charge in [-0.1, -0.05) is 13.0 Å². The maximum Gasteiger partial charge on any atom is 0.446 e. The van der Waals surface area contributed by atoms with Crippen molar-refractivity contribution in [1.82, 2.24) is 5.32 Å². The van der Waals surface area contributed by atoms with Crippen molar-refractivity contribution in [2.75, 3.05) is 19.0 Å². The molecule has 0 aliphatic carbocycles. The van der Waals surface area contributed by atoms with E-state index in [1.807, 2.05) is 6.92 Å². The molecule has 118 valence electrons. The van der Waals surface area contributed by atoms with Gasteiger partial charge in [-0.2, -0.15) is 13.2 Å². The van der Waals surface area contributed by atoms with Crippen molar-refractivity contribution in [3.05, 3.63) is 24.3 Å². The number of amides is 2. The van der Waals surface area contributed by atoms with Crippen molar-refractivity contribution < 1.29 is 22.7 Å². The van der Waals surface area contributed by atoms with Gasteiger partial charge in [-0.05, 0) is 36.4 Å². The largest absolute Gasteiger partial charge is 0.446 e. The van der Waals surface area contributed by atoms with Crippen molar-refractivity contribution in [3.8, 4) is 0 Å². The predicted molar refractivity (Wildman–Crippen MR) is 76.5 cm³/mol. The Bertz CT molecular complexity index is 469. The number of carbonyl (C=O) groups is 1. The topological polar surface area (TPSA) is 50.4 Å². The fraction of sp³-hybridized carbons (Fsp3) is 0.462. The minimum atomic E-state index is -4.35. The van der Waals surface area contributed by atoms with Crippen LogP contribution in [0.1, 0.15) is 13.3 Å². The molecule has 0 bridgehead atoms. The standard InChI is InChI=1S/C13H17F3N2O2S/c1-3-9(8-20-2)17-12(19)18-10-5-4-6-11(7-10)21-13(14,15)16/h4-7,9H,3,8H2,1-2H3,(H2,17,18,19). The number of methoxy groups -OCH3 is 1. The van der Waals surface area contributed by atoms with Crippen LogP contribution in [0.5, 0.6) is 0 Å². The Morgan fingerprint density at radius 3 is 2.71 bits per heavy atom. The van der Waals surface area contributed by atoms with Crippen LogP contribution in [0.25, 0.3) is 0 Å². The Morgan fingerprint density at radius 2 is 2.14 bits per heavy atom. The summed E-state index contributed by atoms with van der Waals surface area (Å²) in [6, 6.07) is 4.96. The molecular formula is C13H17F3N2O2S. The van der Waals surface area contributed by atoms with Crippen LogP contribution >= 0.6 is 11.8 Å². The molecule has 1 aromatic carbocycles. The fourth-order valence-electron chi connectivity index (χ4n) is 1.59. The first-order valence-corrected chi connectivity index (χ1v) is 7.08. The lowest BCUT2D eigenvalue weighted by atomic mass is 10.2. The first kappa shape index (κ1) is 17.6. The molecule has 2 amide bonds. The minimum Gasteiger partial charge on any atom is -0.383 e. The molecule has 1 atom stereocenters. The second-order valence-corrected chi connectivity index (χ2v) is 5.37. The highest BCUT2D eigenvalue weighted by molar-refractivity contribution is 8.00. The zero-order valence-corrected chi connectivity index (χ0v) is 12.5. The lowest BCUT2D eigenvalue weighted by molar-refractivity contribution is -0.0328. The Morgan fingerprint density at radius 1 is 1.43 bits per heavy atom. The predicted octanol–water partition coefficient (Wildman–Crippen LogP) is 3.85. The van der Waals surface area contributed by atoms with Crippen LogP contribution in [0.4, 0.5) is 23.7 Å². The molecule has 1 unspecified atom stereocenters. The van der Waals surface area contributed by atoms with Gasteiger partial charge in [-0.15, -0.1) is 0 Å². The van der Waals surface area contributed by atoms with E-state index >= 15 is 0 Å². The minimum absolute atomic E-state index is 0.0178. The monoisotopic (exact) mass is 322 g/mol. The second kappa shape index (κ2) is 8.14. The Kier molecular flexibility index (Phi) is 6.83. The number of rotatable bonds is 6. The van der Waals surface area contributed by atoms with Crippen LogP contribution < -0.4 is 10.6 Å². The van der Waals surface area contributed by atoms with Gasteiger partial charge >= 0.3 is 11.5 Å². The maximum atomic E-state index is 12.3. The van der Waals surface area contributed by atoms with E-state index in [0.29, 0.717) is 18.7 Å². The van der Waals surface area contributed by atoms with Gasteiger partial charge in [0.05, 0.1) is 12.6 Å². The molecule has 21 heavy (non-hydrogen) atoms. The van der Waals surface area contributed by atoms with E-state index in [1.165, 1.54) is 31.4 Å². The smallest absolute Gasteiger partial charge is 0.383 e. The summed E-state index contributed by atoms with van der Waals surface area (Å²) in [5.74, 6) is 0. The molecule has 0 aliphatic rings. The highest BCUT2D eigenvalue weighted by Gasteiger charge is 2.29. The molecule has 0 aliphatic heterocycles. The quantitative estimate of drug-likeness (QED) is 0.782. The van der Waals surface area contributed by atoms with Crippen molar-refractivity contribution in [2.45, 2.75) is 29.8 Å². The molecule has 0 fully saturated rings. The summed E-state index contributed by atoms with van der Waals surface area (Å²) in [5, 5.41) is 5.18. The summed E-state index contributed by atoms with van der Waals surface area (Å²) < 4.78 is 41.8. The molecular weight excluding hydrogens is 305 g/mol. The highest BCUT2D eigenvalue weighted by Crippen LogP contribution is 2.37. The Balaban J connectivity index is 2.62. The van der Waals surface area contributed by atoms with Crippen LogP contribution in [0.3, 0.4) is 0 Å². The van der Waals surface area contributed by atoms with E-state index in [2.05, 4.69) is 10.6 Å². The van der Waals surface area contributed by atoms with Gasteiger partial charge in [-0.25, -0.2) is 4.79 Å². The van der Waals surface area contributed by atoms with E-state index in [-0.39, 0.29) is 22.7 Å². The summed E-state index contributed by atoms with van der Waals surface area (Å²) >= 11 is -0.223. The number of ether oxygens (including phenoxy) is 1. The SMILES string of the molecule is CCC(COC)NC(=O)Nc1cccc(SC(F)(F)F)c1. The maximum absolute atomic E-state index is 12.3. The van der Waals surface area contributed by atoms with Crippen molar-refractivity contribution in [3.63, 3.8) is 0 Å². The van der Waals surface area contributed by atoms with E-state index in [1.54, 1.807) is 0 Å². The average molecular weight is 322 g/mol. The number of carbonyl (C=O) groups excluding carboxylic acids is 1. The third kappa shape index (κ3) is 7.24. The number of anilines is 1. The summed E-state index contributed by atoms with van der Waals surface area (Å²) in [6.45, 7) is 2.26. The molecule has 8 heteroatoms. The molecule has 0 heterocycles. The second-order valence-electron chi connectivity index (χ2n) is 4.23. The molecule has 0 spiro atoms. The number of alkyl halides is 3. The van der Waals surface area contributed by atoms with E-state index in [9.17, 15) is 18.0 Å². The highest BCUT2D eigenvalue weighted by atomic mass is 32.2. The van der Waals surface area contributed by atoms with Gasteiger partial charge < -0.3 is 15.4 Å². The van der Waals surface area contributed by atoms with Crippen LogP contribution in [0, 0.1) is 0 Å². The number of urea groups is 1. The van der Waals surface area contributed by atoms with Crippen molar-refractivity contribution in [1.29, 1.82) is 0 Å². The van der Waals surface area contributed by atoms with Crippen molar-refractivity contribution >= 4 is 23.5 Å². The number of benzene rings is 1. The van der Waals surface area contributed by atoms with E-state index < -0.39 is 11.5 Å². The molecule has 1 rings (SSSR count). The van der Waals surface area contributed by atoms with Gasteiger partial charge in [0.25, 0.3) is 0 Å². The zero-order chi connectivity index (χ0) is 15.9. The first-order chi connectivity index (χ1) is 9.84. The fourth-order valence-corrected chi connectivity index (χ4v) is 2.19. The number of thioether (sulfide) groups is 1. The van der Waals surface area contributed by atoms with Gasteiger partial charge in [0.15, 0.2) is 0 Å². The number of nitrogens with one attached hydrogen (secondary N) is 2. The van der Waals surface area contributed by atoms with Gasteiger partial charge in [0.1, 0.15) is 0 Å². The summed E-state index contributed by atoms with van der Waals surface area (Å²) in [5.41, 5.74) is -4.05. The van der Waals surface area contributed by atoms with Crippen LogP contribution in [0.2, 0.25) is 0 Å². The van der Waals surface area contributed by atoms with Crippen molar-refractivity contribution in [2.24, 2.45) is 0 Å². The van der Waals surface area contributed by atoms with E-state index in [0.717, 1.165) is 0 Å².